The van der Waals surface area contributed by atoms with Gasteiger partial charge in [-0.1, -0.05) is 30.3 Å². The van der Waals surface area contributed by atoms with Crippen LogP contribution in [0.15, 0.2) is 30.3 Å². The van der Waals surface area contributed by atoms with Crippen LogP contribution < -0.4 is 5.32 Å². The lowest BCUT2D eigenvalue weighted by atomic mass is 9.78. The van der Waals surface area contributed by atoms with Gasteiger partial charge < -0.3 is 15.0 Å². The first-order valence-electron chi connectivity index (χ1n) is 10.4. The molecule has 27 heavy (non-hydrogen) atoms. The molecule has 5 heteroatoms. The Morgan fingerprint density at radius 1 is 1.11 bits per heavy atom. The minimum absolute atomic E-state index is 0.133. The number of nitrogens with zero attached hydrogens (tertiary/aromatic N) is 1. The first kappa shape index (κ1) is 18.5. The highest BCUT2D eigenvalue weighted by Gasteiger charge is 2.41. The summed E-state index contributed by atoms with van der Waals surface area (Å²) in [5.74, 6) is 0.811. The van der Waals surface area contributed by atoms with E-state index in [1.807, 2.05) is 35.2 Å². The number of carbonyl (C=O) groups is 2. The summed E-state index contributed by atoms with van der Waals surface area (Å²) in [4.78, 5) is 26.7. The molecule has 1 unspecified atom stereocenters. The Morgan fingerprint density at radius 3 is 2.56 bits per heavy atom. The van der Waals surface area contributed by atoms with E-state index in [4.69, 9.17) is 4.74 Å². The molecule has 1 aromatic rings. The van der Waals surface area contributed by atoms with Crippen LogP contribution in [0.3, 0.4) is 0 Å². The average Bonchev–Trinajstić information content (AvgIpc) is 3.47. The fraction of sp³-hybridized carbons (Fsp3) is 0.636. The van der Waals surface area contributed by atoms with Gasteiger partial charge in [-0.05, 0) is 50.0 Å². The van der Waals surface area contributed by atoms with Crippen molar-refractivity contribution in [2.75, 3.05) is 19.7 Å². The van der Waals surface area contributed by atoms with Crippen molar-refractivity contribution in [3.05, 3.63) is 35.9 Å². The van der Waals surface area contributed by atoms with Crippen LogP contribution in [0.2, 0.25) is 0 Å². The minimum atomic E-state index is -0.133. The van der Waals surface area contributed by atoms with Crippen molar-refractivity contribution in [3.63, 3.8) is 0 Å². The van der Waals surface area contributed by atoms with Crippen LogP contribution in [0, 0.1) is 5.92 Å². The van der Waals surface area contributed by atoms with Crippen LogP contribution >= 0.6 is 0 Å². The second-order valence-corrected chi connectivity index (χ2v) is 8.48. The topological polar surface area (TPSA) is 58.6 Å². The lowest BCUT2D eigenvalue weighted by Crippen LogP contribution is -2.51. The number of hydrogen-bond acceptors (Lipinski definition) is 3. The fourth-order valence-electron chi connectivity index (χ4n) is 4.47. The molecule has 146 valence electrons. The number of carbonyl (C=O) groups excluding carboxylic acids is 2. The highest BCUT2D eigenvalue weighted by atomic mass is 16.5. The number of nitrogens with one attached hydrogen (secondary N) is 1. The van der Waals surface area contributed by atoms with Gasteiger partial charge in [-0.15, -0.1) is 0 Å². The molecule has 1 atom stereocenters. The molecule has 0 aromatic heterocycles. The van der Waals surface area contributed by atoms with E-state index in [9.17, 15) is 9.59 Å². The largest absolute Gasteiger partial charge is 0.375 e. The molecule has 4 rings (SSSR count). The zero-order chi connectivity index (χ0) is 18.7. The highest BCUT2D eigenvalue weighted by Crippen LogP contribution is 2.39. The summed E-state index contributed by atoms with van der Waals surface area (Å²) in [6, 6.07) is 10.4. The van der Waals surface area contributed by atoms with Crippen LogP contribution in [0.4, 0.5) is 0 Å². The number of hydrogen-bond donors (Lipinski definition) is 1. The number of likely N-dealkylation sites (tertiary alicyclic amines) is 1. The van der Waals surface area contributed by atoms with Crippen molar-refractivity contribution < 1.29 is 14.3 Å². The monoisotopic (exact) mass is 370 g/mol. The van der Waals surface area contributed by atoms with E-state index < -0.39 is 0 Å². The first-order chi connectivity index (χ1) is 13.1. The molecule has 2 amide bonds. The number of rotatable bonds is 5. The molecule has 1 saturated carbocycles. The molecular formula is C22H30N2O3. The van der Waals surface area contributed by atoms with E-state index in [0.29, 0.717) is 24.8 Å². The molecule has 0 radical (unpaired) electrons. The van der Waals surface area contributed by atoms with Gasteiger partial charge in [0.2, 0.25) is 11.8 Å². The van der Waals surface area contributed by atoms with E-state index in [-0.39, 0.29) is 17.4 Å². The molecule has 0 bridgehead atoms. The summed E-state index contributed by atoms with van der Waals surface area (Å²) >= 11 is 0. The molecule has 1 N–H and O–H groups in total. The zero-order valence-corrected chi connectivity index (χ0v) is 16.0. The maximum absolute atomic E-state index is 12.6. The van der Waals surface area contributed by atoms with Crippen molar-refractivity contribution in [1.82, 2.24) is 10.2 Å². The van der Waals surface area contributed by atoms with E-state index in [0.717, 1.165) is 63.8 Å². The standard InChI is InChI=1S/C22H30N2O3/c25-20(23-19-6-7-19)14-18-8-13-27-22(16-18)9-11-24(12-10-22)21(26)15-17-4-2-1-3-5-17/h1-5,18-19H,6-16H2,(H,23,25). The molecule has 3 aliphatic rings. The Balaban J connectivity index is 1.26. The Bertz CT molecular complexity index is 663. The van der Waals surface area contributed by atoms with E-state index in [1.54, 1.807) is 0 Å². The smallest absolute Gasteiger partial charge is 0.226 e. The predicted molar refractivity (Wildman–Crippen MR) is 103 cm³/mol. The van der Waals surface area contributed by atoms with E-state index in [2.05, 4.69) is 5.32 Å². The van der Waals surface area contributed by atoms with Gasteiger partial charge in [-0.3, -0.25) is 9.59 Å². The second kappa shape index (κ2) is 8.01. The third kappa shape index (κ3) is 4.89. The molecule has 2 aliphatic heterocycles. The lowest BCUT2D eigenvalue weighted by Gasteiger charge is -2.46. The maximum Gasteiger partial charge on any atom is 0.226 e. The Hall–Kier alpha value is -1.88. The molecule has 1 spiro atoms. The van der Waals surface area contributed by atoms with Crippen molar-refractivity contribution in [2.24, 2.45) is 5.92 Å². The molecule has 2 saturated heterocycles. The molecule has 2 heterocycles. The van der Waals surface area contributed by atoms with Gasteiger partial charge >= 0.3 is 0 Å². The molecule has 5 nitrogen and oxygen atoms in total. The molecule has 1 aromatic carbocycles. The number of piperidine rings is 1. The van der Waals surface area contributed by atoms with Crippen LogP contribution in [-0.4, -0.2) is 48.1 Å². The third-order valence-electron chi connectivity index (χ3n) is 6.24. The van der Waals surface area contributed by atoms with Gasteiger partial charge in [-0.2, -0.15) is 0 Å². The first-order valence-corrected chi connectivity index (χ1v) is 10.4. The molecule has 1 aliphatic carbocycles. The van der Waals surface area contributed by atoms with Gasteiger partial charge in [0.25, 0.3) is 0 Å². The van der Waals surface area contributed by atoms with Crippen LogP contribution in [0.5, 0.6) is 0 Å². The number of ether oxygens (including phenoxy) is 1. The summed E-state index contributed by atoms with van der Waals surface area (Å²) in [5.41, 5.74) is 0.935. The molecular weight excluding hydrogens is 340 g/mol. The Kier molecular flexibility index (Phi) is 5.48. The summed E-state index contributed by atoms with van der Waals surface area (Å²) in [7, 11) is 0. The van der Waals surface area contributed by atoms with Crippen molar-refractivity contribution in [2.45, 2.75) is 63.0 Å². The predicted octanol–water partition coefficient (Wildman–Crippen LogP) is 2.69. The van der Waals surface area contributed by atoms with Crippen molar-refractivity contribution in [1.29, 1.82) is 0 Å². The van der Waals surface area contributed by atoms with Crippen molar-refractivity contribution in [3.8, 4) is 0 Å². The average molecular weight is 370 g/mol. The maximum atomic E-state index is 12.6. The fourth-order valence-corrected chi connectivity index (χ4v) is 4.47. The summed E-state index contributed by atoms with van der Waals surface area (Å²) in [6.45, 7) is 2.25. The highest BCUT2D eigenvalue weighted by molar-refractivity contribution is 5.79. The van der Waals surface area contributed by atoms with Gasteiger partial charge in [0.05, 0.1) is 12.0 Å². The Labute approximate surface area is 161 Å². The van der Waals surface area contributed by atoms with Crippen molar-refractivity contribution >= 4 is 11.8 Å². The van der Waals surface area contributed by atoms with Crippen LogP contribution in [-0.2, 0) is 20.7 Å². The van der Waals surface area contributed by atoms with Crippen LogP contribution in [0.1, 0.15) is 50.5 Å². The van der Waals surface area contributed by atoms with E-state index in [1.165, 1.54) is 0 Å². The zero-order valence-electron chi connectivity index (χ0n) is 16.0. The number of amides is 2. The summed E-state index contributed by atoms with van der Waals surface area (Å²) < 4.78 is 6.19. The quantitative estimate of drug-likeness (QED) is 0.867. The second-order valence-electron chi connectivity index (χ2n) is 8.48. The summed E-state index contributed by atoms with van der Waals surface area (Å²) in [6.07, 6.45) is 7.05. The van der Waals surface area contributed by atoms with E-state index >= 15 is 0 Å². The Morgan fingerprint density at radius 2 is 1.85 bits per heavy atom. The summed E-state index contributed by atoms with van der Waals surface area (Å²) in [5, 5.41) is 3.11. The van der Waals surface area contributed by atoms with Gasteiger partial charge in [0.15, 0.2) is 0 Å². The van der Waals surface area contributed by atoms with Gasteiger partial charge in [-0.25, -0.2) is 0 Å². The SMILES string of the molecule is O=C(CC1CCOC2(CCN(C(=O)Cc3ccccc3)CC2)C1)NC1CC1. The minimum Gasteiger partial charge on any atom is -0.375 e. The lowest BCUT2D eigenvalue weighted by molar-refractivity contribution is -0.148. The third-order valence-corrected chi connectivity index (χ3v) is 6.24. The van der Waals surface area contributed by atoms with Gasteiger partial charge in [0, 0.05) is 32.2 Å². The molecule has 3 fully saturated rings. The van der Waals surface area contributed by atoms with Crippen LogP contribution in [0.25, 0.3) is 0 Å². The number of benzene rings is 1. The van der Waals surface area contributed by atoms with Gasteiger partial charge in [0.1, 0.15) is 0 Å². The normalized spacial score (nSPS) is 24.6.